The Morgan fingerprint density at radius 1 is 0.552 bits per heavy atom. The van der Waals surface area contributed by atoms with Gasteiger partial charge in [-0.25, -0.2) is 8.78 Å². The molecular formula is C27H30F2. The monoisotopic (exact) mass is 392 g/mol. The van der Waals surface area contributed by atoms with Crippen molar-refractivity contribution in [2.45, 2.75) is 58.8 Å². The molecule has 0 aliphatic heterocycles. The summed E-state index contributed by atoms with van der Waals surface area (Å²) >= 11 is 0. The van der Waals surface area contributed by atoms with Crippen LogP contribution < -0.4 is 0 Å². The van der Waals surface area contributed by atoms with Crippen molar-refractivity contribution in [2.24, 2.45) is 0 Å². The van der Waals surface area contributed by atoms with Crippen LogP contribution in [0.25, 0.3) is 22.3 Å². The van der Waals surface area contributed by atoms with Crippen molar-refractivity contribution >= 4 is 0 Å². The third-order valence-corrected chi connectivity index (χ3v) is 5.51. The normalized spacial score (nSPS) is 11.0. The van der Waals surface area contributed by atoms with Crippen LogP contribution in [0.1, 0.15) is 57.1 Å². The number of hydrogen-bond acceptors (Lipinski definition) is 0. The van der Waals surface area contributed by atoms with Crippen molar-refractivity contribution in [1.82, 2.24) is 0 Å². The lowest BCUT2D eigenvalue weighted by atomic mass is 9.97. The van der Waals surface area contributed by atoms with Gasteiger partial charge in [0.2, 0.25) is 0 Å². The lowest BCUT2D eigenvalue weighted by Crippen LogP contribution is -1.97. The van der Waals surface area contributed by atoms with E-state index in [1.54, 1.807) is 12.1 Å². The molecule has 0 atom stereocenters. The zero-order valence-corrected chi connectivity index (χ0v) is 17.5. The second-order valence-corrected chi connectivity index (χ2v) is 7.74. The van der Waals surface area contributed by atoms with Crippen LogP contribution >= 0.6 is 0 Å². The fourth-order valence-electron chi connectivity index (χ4n) is 3.66. The van der Waals surface area contributed by atoms with Crippen LogP contribution in [0.4, 0.5) is 8.78 Å². The van der Waals surface area contributed by atoms with Crippen molar-refractivity contribution in [1.29, 1.82) is 0 Å². The number of unbranched alkanes of at least 4 members (excludes halogenated alkanes) is 3. The minimum absolute atomic E-state index is 0.322. The number of halogens is 2. The molecule has 0 aliphatic rings. The van der Waals surface area contributed by atoms with Gasteiger partial charge in [0.25, 0.3) is 0 Å². The molecule has 152 valence electrons. The zero-order chi connectivity index (χ0) is 20.6. The van der Waals surface area contributed by atoms with Crippen LogP contribution in [-0.4, -0.2) is 0 Å². The smallest absolute Gasteiger partial charge is 0.166 e. The summed E-state index contributed by atoms with van der Waals surface area (Å²) in [7, 11) is 0. The van der Waals surface area contributed by atoms with Gasteiger partial charge in [-0.15, -0.1) is 0 Å². The molecular weight excluding hydrogens is 362 g/mol. The van der Waals surface area contributed by atoms with E-state index < -0.39 is 11.6 Å². The number of rotatable bonds is 9. The summed E-state index contributed by atoms with van der Waals surface area (Å²) in [4.78, 5) is 0. The molecule has 0 radical (unpaired) electrons. The third-order valence-electron chi connectivity index (χ3n) is 5.51. The first-order valence-electron chi connectivity index (χ1n) is 10.8. The quantitative estimate of drug-likeness (QED) is 0.321. The van der Waals surface area contributed by atoms with Crippen LogP contribution in [0.3, 0.4) is 0 Å². The Hall–Kier alpha value is -2.48. The maximum absolute atomic E-state index is 14.7. The largest absolute Gasteiger partial charge is 0.203 e. The first-order chi connectivity index (χ1) is 14.1. The minimum atomic E-state index is -0.743. The van der Waals surface area contributed by atoms with E-state index in [2.05, 4.69) is 38.1 Å². The van der Waals surface area contributed by atoms with Gasteiger partial charge in [-0.2, -0.15) is 0 Å². The Balaban J connectivity index is 1.77. The molecule has 29 heavy (non-hydrogen) atoms. The maximum Gasteiger partial charge on any atom is 0.166 e. The molecule has 0 aromatic heterocycles. The molecule has 0 spiro atoms. The highest BCUT2D eigenvalue weighted by Gasteiger charge is 2.14. The lowest BCUT2D eigenvalue weighted by Gasteiger charge is -2.10. The molecule has 0 saturated carbocycles. The van der Waals surface area contributed by atoms with Gasteiger partial charge < -0.3 is 0 Å². The zero-order valence-electron chi connectivity index (χ0n) is 17.5. The molecule has 3 aromatic carbocycles. The molecule has 0 bridgehead atoms. The van der Waals surface area contributed by atoms with E-state index in [4.69, 9.17) is 0 Å². The van der Waals surface area contributed by atoms with Crippen LogP contribution in [0, 0.1) is 11.6 Å². The van der Waals surface area contributed by atoms with Gasteiger partial charge in [0.1, 0.15) is 0 Å². The molecule has 3 rings (SSSR count). The second-order valence-electron chi connectivity index (χ2n) is 7.74. The van der Waals surface area contributed by atoms with Crippen molar-refractivity contribution in [3.8, 4) is 22.3 Å². The van der Waals surface area contributed by atoms with Crippen LogP contribution in [0.15, 0.2) is 60.7 Å². The van der Waals surface area contributed by atoms with Crippen molar-refractivity contribution < 1.29 is 8.78 Å². The lowest BCUT2D eigenvalue weighted by molar-refractivity contribution is 0.498. The van der Waals surface area contributed by atoms with E-state index >= 15 is 0 Å². The number of benzene rings is 3. The van der Waals surface area contributed by atoms with Gasteiger partial charge >= 0.3 is 0 Å². The molecule has 3 aromatic rings. The molecule has 2 heteroatoms. The van der Waals surface area contributed by atoms with E-state index in [0.717, 1.165) is 36.8 Å². The first kappa shape index (κ1) is 21.2. The van der Waals surface area contributed by atoms with Gasteiger partial charge in [-0.1, -0.05) is 93.8 Å². The van der Waals surface area contributed by atoms with Crippen LogP contribution in [0.2, 0.25) is 0 Å². The van der Waals surface area contributed by atoms with Gasteiger partial charge in [0.15, 0.2) is 11.6 Å². The van der Waals surface area contributed by atoms with Crippen LogP contribution in [0.5, 0.6) is 0 Å². The van der Waals surface area contributed by atoms with E-state index in [0.29, 0.717) is 23.1 Å². The topological polar surface area (TPSA) is 0 Å². The van der Waals surface area contributed by atoms with Crippen molar-refractivity contribution in [2.75, 3.05) is 0 Å². The average molecular weight is 393 g/mol. The average Bonchev–Trinajstić information content (AvgIpc) is 2.76. The van der Waals surface area contributed by atoms with Crippen LogP contribution in [-0.2, 0) is 12.8 Å². The molecule has 0 nitrogen and oxygen atoms in total. The fourth-order valence-corrected chi connectivity index (χ4v) is 3.66. The second kappa shape index (κ2) is 10.3. The van der Waals surface area contributed by atoms with Gasteiger partial charge in [-0.3, -0.25) is 0 Å². The Morgan fingerprint density at radius 2 is 1.14 bits per heavy atom. The summed E-state index contributed by atoms with van der Waals surface area (Å²) in [6, 6.07) is 19.7. The predicted octanol–water partition coefficient (Wildman–Crippen LogP) is 8.37. The predicted molar refractivity (Wildman–Crippen MR) is 119 cm³/mol. The Morgan fingerprint density at radius 3 is 1.76 bits per heavy atom. The molecule has 0 saturated heterocycles. The van der Waals surface area contributed by atoms with Crippen molar-refractivity contribution in [3.05, 3.63) is 83.4 Å². The Kier molecular flexibility index (Phi) is 7.57. The standard InChI is InChI=1S/C27H30F2/c1-3-5-7-9-24-18-19-25(27(29)26(24)28)23-16-14-22(15-17-23)21-12-10-20(11-13-21)8-6-4-2/h10-19H,3-9H2,1-2H3. The third kappa shape index (κ3) is 5.32. The van der Waals surface area contributed by atoms with E-state index in [1.165, 1.54) is 18.4 Å². The number of hydrogen-bond donors (Lipinski definition) is 0. The summed E-state index contributed by atoms with van der Waals surface area (Å²) in [5.41, 5.74) is 5.05. The summed E-state index contributed by atoms with van der Waals surface area (Å²) in [6.07, 6.45) is 7.07. The molecule has 0 heterocycles. The van der Waals surface area contributed by atoms with E-state index in [9.17, 15) is 8.78 Å². The summed E-state index contributed by atoms with van der Waals surface area (Å²) in [5.74, 6) is -1.45. The first-order valence-corrected chi connectivity index (χ1v) is 10.8. The molecule has 0 fully saturated rings. The fraction of sp³-hybridized carbons (Fsp3) is 0.333. The summed E-state index contributed by atoms with van der Waals surface area (Å²) in [5, 5.41) is 0. The van der Waals surface area contributed by atoms with Crippen molar-refractivity contribution in [3.63, 3.8) is 0 Å². The van der Waals surface area contributed by atoms with Gasteiger partial charge in [0.05, 0.1) is 0 Å². The highest BCUT2D eigenvalue weighted by Crippen LogP contribution is 2.29. The molecule has 0 amide bonds. The molecule has 0 aliphatic carbocycles. The molecule has 0 unspecified atom stereocenters. The van der Waals surface area contributed by atoms with Gasteiger partial charge in [0, 0.05) is 5.56 Å². The summed E-state index contributed by atoms with van der Waals surface area (Å²) < 4.78 is 29.1. The SMILES string of the molecule is CCCCCc1ccc(-c2ccc(-c3ccc(CCCC)cc3)cc2)c(F)c1F. The Labute approximate surface area is 173 Å². The number of aryl methyl sites for hydroxylation is 2. The maximum atomic E-state index is 14.7. The highest BCUT2D eigenvalue weighted by atomic mass is 19.2. The molecule has 0 N–H and O–H groups in total. The van der Waals surface area contributed by atoms with E-state index in [-0.39, 0.29) is 0 Å². The Bertz CT molecular complexity index is 909. The van der Waals surface area contributed by atoms with Gasteiger partial charge in [-0.05, 0) is 53.5 Å². The highest BCUT2D eigenvalue weighted by molar-refractivity contribution is 5.71. The minimum Gasteiger partial charge on any atom is -0.203 e. The van der Waals surface area contributed by atoms with E-state index in [1.807, 2.05) is 24.3 Å². The summed E-state index contributed by atoms with van der Waals surface area (Å²) in [6.45, 7) is 4.30.